The molecule has 0 atom stereocenters. The van der Waals surface area contributed by atoms with Crippen molar-refractivity contribution in [3.05, 3.63) is 118 Å². The van der Waals surface area contributed by atoms with Crippen molar-refractivity contribution in [1.82, 2.24) is 0 Å². The van der Waals surface area contributed by atoms with E-state index < -0.39 is 21.9 Å². The number of hydrogen-bond acceptors (Lipinski definition) is 6. The number of amides is 1. The molecule has 1 amide bonds. The van der Waals surface area contributed by atoms with Gasteiger partial charge in [0.25, 0.3) is 15.9 Å². The van der Waals surface area contributed by atoms with Crippen LogP contribution in [-0.4, -0.2) is 26.9 Å². The lowest BCUT2D eigenvalue weighted by molar-refractivity contribution is 0.0528. The van der Waals surface area contributed by atoms with E-state index in [9.17, 15) is 18.0 Å². The monoisotopic (exact) mass is 593 g/mol. The third-order valence-electron chi connectivity index (χ3n) is 6.06. The molecule has 0 aliphatic heterocycles. The van der Waals surface area contributed by atoms with Gasteiger partial charge in [0.15, 0.2) is 0 Å². The molecule has 10 heteroatoms. The van der Waals surface area contributed by atoms with E-state index in [1.54, 1.807) is 43.3 Å². The molecule has 4 aromatic carbocycles. The Balaban J connectivity index is 1.76. The summed E-state index contributed by atoms with van der Waals surface area (Å²) < 4.78 is 39.9. The quantitative estimate of drug-likeness (QED) is 0.180. The maximum absolute atomic E-state index is 14.0. The number of carbonyl (C=O) groups excluding carboxylic acids is 2. The van der Waals surface area contributed by atoms with Gasteiger partial charge < -0.3 is 9.15 Å². The SMILES string of the molecule is CCOC(=O)c1c(-c2ccccc2)oc2ccc(N(C(=O)c3ccccc3Cl)S(=O)(=O)c3ccc(Cl)cc3)cc12. The molecule has 5 aromatic rings. The predicted molar refractivity (Wildman–Crippen MR) is 155 cm³/mol. The van der Waals surface area contributed by atoms with Gasteiger partial charge in [-0.2, -0.15) is 4.31 Å². The first-order valence-electron chi connectivity index (χ1n) is 12.1. The van der Waals surface area contributed by atoms with Crippen molar-refractivity contribution in [2.45, 2.75) is 11.8 Å². The molecule has 1 aromatic heterocycles. The van der Waals surface area contributed by atoms with E-state index in [1.165, 1.54) is 54.6 Å². The number of nitrogens with zero attached hydrogens (tertiary/aromatic N) is 1. The van der Waals surface area contributed by atoms with Crippen LogP contribution in [0.15, 0.2) is 106 Å². The Labute approximate surface area is 240 Å². The number of benzene rings is 4. The molecule has 7 nitrogen and oxygen atoms in total. The Morgan fingerprint density at radius 2 is 1.55 bits per heavy atom. The minimum Gasteiger partial charge on any atom is -0.462 e. The largest absolute Gasteiger partial charge is 0.462 e. The van der Waals surface area contributed by atoms with Crippen LogP contribution in [0.5, 0.6) is 0 Å². The number of esters is 1. The highest BCUT2D eigenvalue weighted by molar-refractivity contribution is 7.93. The number of fused-ring (bicyclic) bond motifs is 1. The maximum atomic E-state index is 14.0. The summed E-state index contributed by atoms with van der Waals surface area (Å²) in [5.41, 5.74) is 0.989. The van der Waals surface area contributed by atoms with Gasteiger partial charge in [0, 0.05) is 16.0 Å². The highest BCUT2D eigenvalue weighted by Crippen LogP contribution is 2.38. The van der Waals surface area contributed by atoms with Gasteiger partial charge in [0.1, 0.15) is 16.9 Å². The Kier molecular flexibility index (Phi) is 7.67. The summed E-state index contributed by atoms with van der Waals surface area (Å²) in [7, 11) is -4.47. The molecule has 0 saturated heterocycles. The van der Waals surface area contributed by atoms with Crippen molar-refractivity contribution < 1.29 is 27.2 Å². The molecule has 0 spiro atoms. The van der Waals surface area contributed by atoms with Crippen molar-refractivity contribution >= 4 is 61.8 Å². The molecule has 0 saturated carbocycles. The number of hydrogen-bond donors (Lipinski definition) is 0. The molecule has 0 fully saturated rings. The van der Waals surface area contributed by atoms with Crippen LogP contribution in [0.4, 0.5) is 5.69 Å². The molecular formula is C30H21Cl2NO6S. The molecule has 0 aliphatic rings. The maximum Gasteiger partial charge on any atom is 0.342 e. The zero-order valence-corrected chi connectivity index (χ0v) is 23.3. The molecule has 0 aliphatic carbocycles. The van der Waals surface area contributed by atoms with Gasteiger partial charge in [-0.15, -0.1) is 0 Å². The fraction of sp³-hybridized carbons (Fsp3) is 0.0667. The Morgan fingerprint density at radius 1 is 0.875 bits per heavy atom. The van der Waals surface area contributed by atoms with Crippen LogP contribution in [0.1, 0.15) is 27.6 Å². The van der Waals surface area contributed by atoms with Crippen LogP contribution < -0.4 is 4.31 Å². The number of furan rings is 1. The fourth-order valence-electron chi connectivity index (χ4n) is 4.23. The van der Waals surface area contributed by atoms with Gasteiger partial charge >= 0.3 is 5.97 Å². The Hall–Kier alpha value is -4.11. The normalized spacial score (nSPS) is 11.4. The average molecular weight is 594 g/mol. The average Bonchev–Trinajstić information content (AvgIpc) is 3.33. The van der Waals surface area contributed by atoms with E-state index in [0.717, 1.165) is 0 Å². The number of rotatable bonds is 7. The van der Waals surface area contributed by atoms with E-state index in [0.29, 0.717) is 20.5 Å². The number of halogens is 2. The van der Waals surface area contributed by atoms with Gasteiger partial charge in [0.2, 0.25) is 0 Å². The zero-order chi connectivity index (χ0) is 28.4. The topological polar surface area (TPSA) is 93.9 Å². The molecule has 202 valence electrons. The van der Waals surface area contributed by atoms with E-state index >= 15 is 0 Å². The second kappa shape index (κ2) is 11.2. The summed E-state index contributed by atoms with van der Waals surface area (Å²) in [5.74, 6) is -1.28. The first-order chi connectivity index (χ1) is 19.2. The van der Waals surface area contributed by atoms with E-state index in [2.05, 4.69) is 0 Å². The molecule has 0 bridgehead atoms. The van der Waals surface area contributed by atoms with Crippen molar-refractivity contribution in [3.63, 3.8) is 0 Å². The van der Waals surface area contributed by atoms with Crippen molar-refractivity contribution in [2.24, 2.45) is 0 Å². The van der Waals surface area contributed by atoms with E-state index in [-0.39, 0.29) is 44.5 Å². The molecule has 40 heavy (non-hydrogen) atoms. The summed E-state index contributed by atoms with van der Waals surface area (Å²) in [6.45, 7) is 1.79. The lowest BCUT2D eigenvalue weighted by Gasteiger charge is -2.23. The third kappa shape index (κ3) is 5.09. The summed E-state index contributed by atoms with van der Waals surface area (Å²) >= 11 is 12.3. The number of ether oxygens (including phenoxy) is 1. The highest BCUT2D eigenvalue weighted by atomic mass is 35.5. The predicted octanol–water partition coefficient (Wildman–Crippen LogP) is 7.62. The van der Waals surface area contributed by atoms with Gasteiger partial charge in [-0.25, -0.2) is 13.2 Å². The summed E-state index contributed by atoms with van der Waals surface area (Å²) in [6.07, 6.45) is 0. The molecule has 0 N–H and O–H groups in total. The fourth-order valence-corrected chi connectivity index (χ4v) is 5.97. The highest BCUT2D eigenvalue weighted by Gasteiger charge is 2.34. The van der Waals surface area contributed by atoms with Crippen LogP contribution in [0.25, 0.3) is 22.3 Å². The van der Waals surface area contributed by atoms with E-state index in [4.69, 9.17) is 32.4 Å². The first-order valence-corrected chi connectivity index (χ1v) is 14.3. The molecule has 0 radical (unpaired) electrons. The minimum absolute atomic E-state index is 0.0235. The molecular weight excluding hydrogens is 573 g/mol. The van der Waals surface area contributed by atoms with Gasteiger partial charge in [0.05, 0.1) is 27.8 Å². The second-order valence-electron chi connectivity index (χ2n) is 8.58. The lowest BCUT2D eigenvalue weighted by Crippen LogP contribution is -2.37. The lowest BCUT2D eigenvalue weighted by atomic mass is 10.1. The Morgan fingerprint density at radius 3 is 2.23 bits per heavy atom. The summed E-state index contributed by atoms with van der Waals surface area (Å²) in [6, 6.07) is 24.9. The van der Waals surface area contributed by atoms with E-state index in [1.807, 2.05) is 6.07 Å². The zero-order valence-electron chi connectivity index (χ0n) is 21.0. The summed E-state index contributed by atoms with van der Waals surface area (Å²) in [4.78, 5) is 26.8. The van der Waals surface area contributed by atoms with Crippen molar-refractivity contribution in [3.8, 4) is 11.3 Å². The molecule has 0 unspecified atom stereocenters. The van der Waals surface area contributed by atoms with Crippen LogP contribution >= 0.6 is 23.2 Å². The minimum atomic E-state index is -4.47. The van der Waals surface area contributed by atoms with Gasteiger partial charge in [-0.05, 0) is 61.5 Å². The van der Waals surface area contributed by atoms with Crippen molar-refractivity contribution in [2.75, 3.05) is 10.9 Å². The van der Waals surface area contributed by atoms with Crippen LogP contribution in [0.2, 0.25) is 10.0 Å². The molecule has 1 heterocycles. The smallest absolute Gasteiger partial charge is 0.342 e. The van der Waals surface area contributed by atoms with Gasteiger partial charge in [-0.1, -0.05) is 65.7 Å². The number of sulfonamides is 1. The summed E-state index contributed by atoms with van der Waals surface area (Å²) in [5, 5.41) is 0.681. The Bertz CT molecular complexity index is 1830. The third-order valence-corrected chi connectivity index (χ3v) is 8.37. The van der Waals surface area contributed by atoms with Crippen LogP contribution in [-0.2, 0) is 14.8 Å². The second-order valence-corrected chi connectivity index (χ2v) is 11.2. The number of carbonyl (C=O) groups is 2. The van der Waals surface area contributed by atoms with Crippen molar-refractivity contribution in [1.29, 1.82) is 0 Å². The number of anilines is 1. The van der Waals surface area contributed by atoms with Crippen LogP contribution in [0, 0.1) is 0 Å². The van der Waals surface area contributed by atoms with Crippen LogP contribution in [0.3, 0.4) is 0 Å². The standard InChI is InChI=1S/C30H21Cl2NO6S/c1-2-38-30(35)27-24-18-21(14-17-26(24)39-28(27)19-8-4-3-5-9-19)33(29(34)23-10-6-7-11-25(23)32)40(36,37)22-15-12-20(31)13-16-22/h3-18H,2H2,1H3. The van der Waals surface area contributed by atoms with Gasteiger partial charge in [-0.3, -0.25) is 4.79 Å². The first kappa shape index (κ1) is 27.5. The molecule has 5 rings (SSSR count).